The molecule has 2 nitrogen and oxygen atoms in total. The third-order valence-corrected chi connectivity index (χ3v) is 2.49. The quantitative estimate of drug-likeness (QED) is 0.796. The Hall–Kier alpha value is -0.910. The molecule has 0 heterocycles. The topological polar surface area (TPSA) is 35.2 Å². The first-order valence-corrected chi connectivity index (χ1v) is 4.36. The van der Waals surface area contributed by atoms with Gasteiger partial charge in [-0.15, -0.1) is 0 Å². The van der Waals surface area contributed by atoms with E-state index in [0.717, 1.165) is 0 Å². The number of methoxy groups -OCH3 is 1. The largest absolute Gasteiger partial charge is 0.496 e. The highest BCUT2D eigenvalue weighted by molar-refractivity contribution is 9.10. The predicted octanol–water partition coefficient (Wildman–Crippen LogP) is 3.06. The maximum Gasteiger partial charge on any atom is 0.421 e. The number of nitrogens with two attached hydrogens (primary N) is 1. The highest BCUT2D eigenvalue weighted by Crippen LogP contribution is 2.43. The van der Waals surface area contributed by atoms with Gasteiger partial charge < -0.3 is 10.5 Å². The summed E-state index contributed by atoms with van der Waals surface area (Å²) in [6.45, 7) is 0. The Morgan fingerprint density at radius 2 is 1.93 bits per heavy atom. The molecule has 1 rings (SSSR count). The maximum absolute atomic E-state index is 12.5. The monoisotopic (exact) mass is 269 g/mol. The Morgan fingerprint density at radius 3 is 2.36 bits per heavy atom. The van der Waals surface area contributed by atoms with Gasteiger partial charge in [0, 0.05) is 5.69 Å². The third-order valence-electron chi connectivity index (χ3n) is 1.64. The van der Waals surface area contributed by atoms with Gasteiger partial charge in [-0.3, -0.25) is 0 Å². The van der Waals surface area contributed by atoms with E-state index >= 15 is 0 Å². The SMILES string of the molecule is COc1ccc(N)c(Br)c1C(F)(F)F. The molecule has 0 aliphatic heterocycles. The lowest BCUT2D eigenvalue weighted by atomic mass is 10.1. The van der Waals surface area contributed by atoms with Crippen molar-refractivity contribution in [3.8, 4) is 5.75 Å². The molecule has 0 unspecified atom stereocenters. The summed E-state index contributed by atoms with van der Waals surface area (Å²) >= 11 is 2.78. The number of alkyl halides is 3. The zero-order valence-corrected chi connectivity index (χ0v) is 8.74. The molecule has 78 valence electrons. The molecule has 0 bridgehead atoms. The summed E-state index contributed by atoms with van der Waals surface area (Å²) < 4.78 is 41.9. The number of benzene rings is 1. The molecule has 0 saturated carbocycles. The van der Waals surface area contributed by atoms with Gasteiger partial charge in [0.1, 0.15) is 11.3 Å². The van der Waals surface area contributed by atoms with Crippen LogP contribution < -0.4 is 10.5 Å². The van der Waals surface area contributed by atoms with Gasteiger partial charge >= 0.3 is 6.18 Å². The van der Waals surface area contributed by atoms with Gasteiger partial charge in [0.25, 0.3) is 0 Å². The number of halogens is 4. The maximum atomic E-state index is 12.5. The summed E-state index contributed by atoms with van der Waals surface area (Å²) in [4.78, 5) is 0. The van der Waals surface area contributed by atoms with E-state index < -0.39 is 11.7 Å². The van der Waals surface area contributed by atoms with E-state index in [2.05, 4.69) is 20.7 Å². The second-order valence-electron chi connectivity index (χ2n) is 2.54. The van der Waals surface area contributed by atoms with Gasteiger partial charge in [-0.05, 0) is 28.1 Å². The fourth-order valence-electron chi connectivity index (χ4n) is 1.01. The molecule has 0 amide bonds. The second-order valence-corrected chi connectivity index (χ2v) is 3.34. The number of hydrogen-bond donors (Lipinski definition) is 1. The van der Waals surface area contributed by atoms with Crippen LogP contribution in [0, 0.1) is 0 Å². The first-order chi connectivity index (χ1) is 6.38. The fourth-order valence-corrected chi connectivity index (χ4v) is 1.56. The normalized spacial score (nSPS) is 11.5. The van der Waals surface area contributed by atoms with Crippen LogP contribution >= 0.6 is 15.9 Å². The zero-order valence-electron chi connectivity index (χ0n) is 7.15. The molecular weight excluding hydrogens is 263 g/mol. The summed E-state index contributed by atoms with van der Waals surface area (Å²) in [5.41, 5.74) is 4.48. The van der Waals surface area contributed by atoms with Crippen LogP contribution in [0.25, 0.3) is 0 Å². The summed E-state index contributed by atoms with van der Waals surface area (Å²) in [5.74, 6) is -0.251. The minimum atomic E-state index is -4.49. The van der Waals surface area contributed by atoms with Gasteiger partial charge in [0.05, 0.1) is 11.6 Å². The van der Waals surface area contributed by atoms with Crippen molar-refractivity contribution in [3.05, 3.63) is 22.2 Å². The highest BCUT2D eigenvalue weighted by Gasteiger charge is 2.37. The van der Waals surface area contributed by atoms with Crippen LogP contribution in [0.2, 0.25) is 0 Å². The van der Waals surface area contributed by atoms with Crippen LogP contribution in [0.15, 0.2) is 16.6 Å². The fraction of sp³-hybridized carbons (Fsp3) is 0.250. The van der Waals surface area contributed by atoms with E-state index in [1.807, 2.05) is 0 Å². The van der Waals surface area contributed by atoms with E-state index in [-0.39, 0.29) is 15.9 Å². The standard InChI is InChI=1S/C8H7BrF3NO/c1-14-5-3-2-4(13)7(9)6(5)8(10,11)12/h2-3H,13H2,1H3. The molecule has 0 atom stereocenters. The lowest BCUT2D eigenvalue weighted by Crippen LogP contribution is -2.09. The molecule has 0 aromatic heterocycles. The molecular formula is C8H7BrF3NO. The molecule has 0 aliphatic carbocycles. The van der Waals surface area contributed by atoms with Crippen LogP contribution in [-0.2, 0) is 6.18 Å². The van der Waals surface area contributed by atoms with E-state index in [9.17, 15) is 13.2 Å². The molecule has 14 heavy (non-hydrogen) atoms. The average Bonchev–Trinajstić information content (AvgIpc) is 2.07. The Balaban J connectivity index is 3.44. The van der Waals surface area contributed by atoms with Crippen LogP contribution in [0.3, 0.4) is 0 Å². The average molecular weight is 270 g/mol. The van der Waals surface area contributed by atoms with Crippen molar-refractivity contribution in [1.82, 2.24) is 0 Å². The summed E-state index contributed by atoms with van der Waals surface area (Å²) in [5, 5.41) is 0. The lowest BCUT2D eigenvalue weighted by Gasteiger charge is -2.14. The minimum Gasteiger partial charge on any atom is -0.496 e. The van der Waals surface area contributed by atoms with Crippen molar-refractivity contribution in [3.63, 3.8) is 0 Å². The Labute approximate surface area is 87.0 Å². The van der Waals surface area contributed by atoms with Gasteiger partial charge in [-0.1, -0.05) is 0 Å². The molecule has 0 saturated heterocycles. The van der Waals surface area contributed by atoms with Crippen LogP contribution in [0.4, 0.5) is 18.9 Å². The number of hydrogen-bond acceptors (Lipinski definition) is 2. The number of ether oxygens (including phenoxy) is 1. The smallest absolute Gasteiger partial charge is 0.421 e. The van der Waals surface area contributed by atoms with Gasteiger partial charge in [-0.2, -0.15) is 13.2 Å². The number of anilines is 1. The number of nitrogen functional groups attached to an aromatic ring is 1. The van der Waals surface area contributed by atoms with Crippen molar-refractivity contribution >= 4 is 21.6 Å². The van der Waals surface area contributed by atoms with Gasteiger partial charge in [0.2, 0.25) is 0 Å². The van der Waals surface area contributed by atoms with Crippen LogP contribution in [0.1, 0.15) is 5.56 Å². The summed E-state index contributed by atoms with van der Waals surface area (Å²) in [7, 11) is 1.17. The third kappa shape index (κ3) is 1.95. The highest BCUT2D eigenvalue weighted by atomic mass is 79.9. The first-order valence-electron chi connectivity index (χ1n) is 3.57. The van der Waals surface area contributed by atoms with Crippen molar-refractivity contribution in [2.24, 2.45) is 0 Å². The Morgan fingerprint density at radius 1 is 1.36 bits per heavy atom. The summed E-state index contributed by atoms with van der Waals surface area (Å²) in [6, 6.07) is 2.53. The van der Waals surface area contributed by atoms with E-state index in [0.29, 0.717) is 0 Å². The molecule has 0 fully saturated rings. The lowest BCUT2D eigenvalue weighted by molar-refractivity contribution is -0.139. The Kier molecular flexibility index (Phi) is 2.94. The minimum absolute atomic E-state index is 0.0260. The van der Waals surface area contributed by atoms with E-state index in [1.165, 1.54) is 19.2 Å². The molecule has 2 N–H and O–H groups in total. The van der Waals surface area contributed by atoms with Gasteiger partial charge in [0.15, 0.2) is 0 Å². The molecule has 1 aromatic carbocycles. The van der Waals surface area contributed by atoms with Crippen molar-refractivity contribution in [1.29, 1.82) is 0 Å². The Bertz CT molecular complexity index is 351. The first kappa shape index (κ1) is 11.2. The zero-order chi connectivity index (χ0) is 10.9. The molecule has 0 radical (unpaired) electrons. The van der Waals surface area contributed by atoms with Crippen LogP contribution in [-0.4, -0.2) is 7.11 Å². The second kappa shape index (κ2) is 3.68. The van der Waals surface area contributed by atoms with Gasteiger partial charge in [-0.25, -0.2) is 0 Å². The molecule has 0 aliphatic rings. The summed E-state index contributed by atoms with van der Waals surface area (Å²) in [6.07, 6.45) is -4.49. The van der Waals surface area contributed by atoms with Crippen LogP contribution in [0.5, 0.6) is 5.75 Å². The molecule has 6 heteroatoms. The van der Waals surface area contributed by atoms with Crippen molar-refractivity contribution < 1.29 is 17.9 Å². The molecule has 0 spiro atoms. The van der Waals surface area contributed by atoms with E-state index in [4.69, 9.17) is 5.73 Å². The van der Waals surface area contributed by atoms with Crippen molar-refractivity contribution in [2.75, 3.05) is 12.8 Å². The molecule has 1 aromatic rings. The van der Waals surface area contributed by atoms with Crippen molar-refractivity contribution in [2.45, 2.75) is 6.18 Å². The number of rotatable bonds is 1. The predicted molar refractivity (Wildman–Crippen MR) is 50.1 cm³/mol. The van der Waals surface area contributed by atoms with E-state index in [1.54, 1.807) is 0 Å².